The Labute approximate surface area is 221 Å². The van der Waals surface area contributed by atoms with Gasteiger partial charge in [-0.1, -0.05) is 23.2 Å². The lowest BCUT2D eigenvalue weighted by molar-refractivity contribution is 0.0349. The third-order valence-electron chi connectivity index (χ3n) is 6.59. The third-order valence-corrected chi connectivity index (χ3v) is 9.21. The van der Waals surface area contributed by atoms with E-state index in [9.17, 15) is 13.2 Å². The quantitative estimate of drug-likeness (QED) is 0.529. The Morgan fingerprint density at radius 2 is 1.78 bits per heavy atom. The van der Waals surface area contributed by atoms with Crippen molar-refractivity contribution in [3.05, 3.63) is 40.5 Å². The van der Waals surface area contributed by atoms with Gasteiger partial charge in [0.25, 0.3) is 0 Å². The monoisotopic (exact) mass is 557 g/mol. The van der Waals surface area contributed by atoms with Gasteiger partial charge in [0, 0.05) is 56.6 Å². The molecule has 13 heteroatoms. The molecule has 4 rings (SSSR count). The van der Waals surface area contributed by atoms with Crippen molar-refractivity contribution in [1.29, 1.82) is 0 Å². The lowest BCUT2D eigenvalue weighted by Gasteiger charge is -2.37. The van der Waals surface area contributed by atoms with Crippen molar-refractivity contribution in [1.82, 2.24) is 19.2 Å². The van der Waals surface area contributed by atoms with E-state index in [0.29, 0.717) is 42.8 Å². The fourth-order valence-corrected chi connectivity index (χ4v) is 6.66. The first-order valence-corrected chi connectivity index (χ1v) is 13.9. The van der Waals surface area contributed by atoms with Crippen LogP contribution in [-0.4, -0.2) is 86.2 Å². The average molecular weight is 558 g/mol. The molecule has 2 aliphatic heterocycles. The summed E-state index contributed by atoms with van der Waals surface area (Å²) in [5.41, 5.74) is 0. The van der Waals surface area contributed by atoms with Crippen molar-refractivity contribution in [2.45, 2.75) is 42.7 Å². The number of carbonyl (C=O) groups excluding carboxylic acids is 1. The van der Waals surface area contributed by atoms with Crippen molar-refractivity contribution >= 4 is 45.3 Å². The van der Waals surface area contributed by atoms with Crippen LogP contribution in [0.1, 0.15) is 25.7 Å². The van der Waals surface area contributed by atoms with Gasteiger partial charge in [-0.2, -0.15) is 9.29 Å². The maximum absolute atomic E-state index is 13.0. The van der Waals surface area contributed by atoms with Crippen LogP contribution in [0.15, 0.2) is 35.4 Å². The first-order valence-electron chi connectivity index (χ1n) is 11.7. The van der Waals surface area contributed by atoms with Crippen LogP contribution >= 0.6 is 23.2 Å². The van der Waals surface area contributed by atoms with E-state index in [4.69, 9.17) is 32.7 Å². The molecule has 2 aliphatic rings. The molecule has 0 aliphatic carbocycles. The van der Waals surface area contributed by atoms with Gasteiger partial charge in [-0.3, -0.25) is 0 Å². The molecule has 2 fully saturated rings. The summed E-state index contributed by atoms with van der Waals surface area (Å²) in [6.07, 6.45) is 3.25. The molecule has 0 atom stereocenters. The molecule has 10 nitrogen and oxygen atoms in total. The number of aromatic nitrogens is 2. The Hall–Kier alpha value is -2.34. The Bertz CT molecular complexity index is 1190. The second kappa shape index (κ2) is 11.4. The largest absolute Gasteiger partial charge is 0.481 e. The van der Waals surface area contributed by atoms with Crippen molar-refractivity contribution in [2.24, 2.45) is 0 Å². The van der Waals surface area contributed by atoms with Crippen LogP contribution in [0.4, 0.5) is 10.7 Å². The van der Waals surface area contributed by atoms with E-state index >= 15 is 0 Å². The number of methoxy groups -OCH3 is 1. The Morgan fingerprint density at radius 3 is 2.42 bits per heavy atom. The molecule has 0 radical (unpaired) electrons. The summed E-state index contributed by atoms with van der Waals surface area (Å²) in [4.78, 5) is 25.2. The smallest absolute Gasteiger partial charge is 0.410 e. The number of halogens is 2. The first-order chi connectivity index (χ1) is 17.2. The van der Waals surface area contributed by atoms with E-state index in [1.54, 1.807) is 31.3 Å². The molecule has 3 heterocycles. The summed E-state index contributed by atoms with van der Waals surface area (Å²) < 4.78 is 38.2. The molecule has 36 heavy (non-hydrogen) atoms. The number of carbonyl (C=O) groups is 1. The summed E-state index contributed by atoms with van der Waals surface area (Å²) >= 11 is 12.0. The van der Waals surface area contributed by atoms with Crippen LogP contribution in [0.25, 0.3) is 0 Å². The molecule has 2 saturated heterocycles. The van der Waals surface area contributed by atoms with Crippen molar-refractivity contribution in [3.63, 3.8) is 0 Å². The van der Waals surface area contributed by atoms with Gasteiger partial charge < -0.3 is 19.3 Å². The maximum atomic E-state index is 13.0. The SMILES string of the molecule is COc1ccnc(N2CCC(N(C)C(=O)OC3CCN(S(=O)(=O)c4ccc(Cl)cc4Cl)CC3)CC2)n1. The van der Waals surface area contributed by atoms with Gasteiger partial charge in [-0.25, -0.2) is 18.2 Å². The fraction of sp³-hybridized carbons (Fsp3) is 0.522. The molecule has 0 spiro atoms. The number of sulfonamides is 1. The molecular weight excluding hydrogens is 529 g/mol. The topological polar surface area (TPSA) is 105 Å². The zero-order valence-corrected chi connectivity index (χ0v) is 22.5. The number of hydrogen-bond acceptors (Lipinski definition) is 8. The average Bonchev–Trinajstić information content (AvgIpc) is 2.88. The van der Waals surface area contributed by atoms with Gasteiger partial charge in [0.1, 0.15) is 11.0 Å². The minimum atomic E-state index is -3.76. The van der Waals surface area contributed by atoms with Crippen molar-refractivity contribution < 1.29 is 22.7 Å². The van der Waals surface area contributed by atoms with Crippen LogP contribution in [0.3, 0.4) is 0 Å². The van der Waals surface area contributed by atoms with E-state index < -0.39 is 16.1 Å². The van der Waals surface area contributed by atoms with Crippen LogP contribution < -0.4 is 9.64 Å². The van der Waals surface area contributed by atoms with E-state index in [0.717, 1.165) is 12.8 Å². The van der Waals surface area contributed by atoms with Gasteiger partial charge in [-0.05, 0) is 43.9 Å². The maximum Gasteiger partial charge on any atom is 0.410 e. The molecule has 1 amide bonds. The standard InChI is InChI=1S/C23H29Cl2N5O5S/c1-28(17-6-11-29(12-7-17)22-26-10-5-21(27-22)34-2)23(31)35-18-8-13-30(14-9-18)36(32,33)20-4-3-16(24)15-19(20)25/h3-5,10,15,17-18H,6-9,11-14H2,1-2H3. The van der Waals surface area contributed by atoms with Gasteiger partial charge >= 0.3 is 6.09 Å². The number of amides is 1. The molecule has 0 N–H and O–H groups in total. The number of benzene rings is 1. The van der Waals surface area contributed by atoms with Crippen LogP contribution in [0.5, 0.6) is 5.88 Å². The van der Waals surface area contributed by atoms with Crippen molar-refractivity contribution in [2.75, 3.05) is 45.2 Å². The molecular formula is C23H29Cl2N5O5S. The van der Waals surface area contributed by atoms with Crippen LogP contribution in [0, 0.1) is 0 Å². The second-order valence-corrected chi connectivity index (χ2v) is 11.5. The predicted molar refractivity (Wildman–Crippen MR) is 136 cm³/mol. The molecule has 1 aromatic carbocycles. The highest BCUT2D eigenvalue weighted by Crippen LogP contribution is 2.30. The molecule has 0 unspecified atom stereocenters. The van der Waals surface area contributed by atoms with Gasteiger partial charge in [0.15, 0.2) is 0 Å². The van der Waals surface area contributed by atoms with Crippen LogP contribution in [-0.2, 0) is 14.8 Å². The second-order valence-electron chi connectivity index (χ2n) is 8.79. The number of piperidine rings is 2. The minimum Gasteiger partial charge on any atom is -0.481 e. The van der Waals surface area contributed by atoms with E-state index in [-0.39, 0.29) is 35.2 Å². The number of rotatable bonds is 6. The normalized spacial score (nSPS) is 18.2. The Morgan fingerprint density at radius 1 is 1.08 bits per heavy atom. The Balaban J connectivity index is 1.26. The van der Waals surface area contributed by atoms with E-state index in [1.165, 1.54) is 22.5 Å². The van der Waals surface area contributed by atoms with Gasteiger partial charge in [-0.15, -0.1) is 0 Å². The van der Waals surface area contributed by atoms with Crippen molar-refractivity contribution in [3.8, 4) is 5.88 Å². The van der Waals surface area contributed by atoms with E-state index in [1.807, 2.05) is 0 Å². The highest BCUT2D eigenvalue weighted by atomic mass is 35.5. The lowest BCUT2D eigenvalue weighted by Crippen LogP contribution is -2.48. The van der Waals surface area contributed by atoms with E-state index in [2.05, 4.69) is 14.9 Å². The zero-order chi connectivity index (χ0) is 25.9. The number of ether oxygens (including phenoxy) is 2. The first kappa shape index (κ1) is 26.7. The number of nitrogens with zero attached hydrogens (tertiary/aromatic N) is 5. The third kappa shape index (κ3) is 5.96. The number of anilines is 1. The van der Waals surface area contributed by atoms with Gasteiger partial charge in [0.05, 0.1) is 12.1 Å². The minimum absolute atomic E-state index is 0.0226. The molecule has 2 aromatic rings. The summed E-state index contributed by atoms with van der Waals surface area (Å²) in [6, 6.07) is 6.05. The summed E-state index contributed by atoms with van der Waals surface area (Å²) in [6.45, 7) is 1.89. The van der Waals surface area contributed by atoms with Crippen LogP contribution in [0.2, 0.25) is 10.0 Å². The number of hydrogen-bond donors (Lipinski definition) is 0. The molecule has 0 bridgehead atoms. The highest BCUT2D eigenvalue weighted by molar-refractivity contribution is 7.89. The molecule has 1 aromatic heterocycles. The Kier molecular flexibility index (Phi) is 8.44. The zero-order valence-electron chi connectivity index (χ0n) is 20.1. The summed E-state index contributed by atoms with van der Waals surface area (Å²) in [5.74, 6) is 1.12. The molecule has 196 valence electrons. The molecule has 0 saturated carbocycles. The highest BCUT2D eigenvalue weighted by Gasteiger charge is 2.34. The lowest BCUT2D eigenvalue weighted by atomic mass is 10.0. The predicted octanol–water partition coefficient (Wildman–Crippen LogP) is 3.68. The fourth-order valence-electron chi connectivity index (χ4n) is 4.44. The van der Waals surface area contributed by atoms with Gasteiger partial charge in [0.2, 0.25) is 21.9 Å². The summed E-state index contributed by atoms with van der Waals surface area (Å²) in [5, 5.41) is 0.453. The summed E-state index contributed by atoms with van der Waals surface area (Å²) in [7, 11) is -0.449.